The number of rotatable bonds is 7. The van der Waals surface area contributed by atoms with Gasteiger partial charge in [-0.05, 0) is 44.7 Å². The van der Waals surface area contributed by atoms with Gasteiger partial charge < -0.3 is 15.4 Å². The third kappa shape index (κ3) is 7.88. The average Bonchev–Trinajstić information content (AvgIpc) is 2.27. The normalized spacial score (nSPS) is 13.8. The number of hydrogen-bond acceptors (Lipinski definition) is 3. The lowest BCUT2D eigenvalue weighted by atomic mass is 10.3. The fourth-order valence-corrected chi connectivity index (χ4v) is 1.07. The minimum Gasteiger partial charge on any atom is -0.497 e. The molecule has 16 heavy (non-hydrogen) atoms. The molecule has 0 unspecified atom stereocenters. The van der Waals surface area contributed by atoms with E-state index in [-0.39, 0.29) is 0 Å². The second kappa shape index (κ2) is 10.1. The Hall–Kier alpha value is -1.48. The van der Waals surface area contributed by atoms with Crippen molar-refractivity contribution >= 4 is 0 Å². The molecule has 0 aromatic heterocycles. The van der Waals surface area contributed by atoms with E-state index in [0.29, 0.717) is 0 Å². The SMILES string of the molecule is C\C=C/C(=C\C=C\N/C=C(/C)CNC)OC. The van der Waals surface area contributed by atoms with Gasteiger partial charge in [0.2, 0.25) is 0 Å². The molecular formula is C13H22N2O. The summed E-state index contributed by atoms with van der Waals surface area (Å²) in [5.74, 6) is 0.830. The molecule has 0 bridgehead atoms. The Morgan fingerprint density at radius 3 is 2.69 bits per heavy atom. The molecule has 90 valence electrons. The van der Waals surface area contributed by atoms with Crippen LogP contribution in [-0.4, -0.2) is 20.7 Å². The minimum atomic E-state index is 0.830. The standard InChI is InChI=1S/C13H22N2O/c1-5-7-13(16-4)8-6-9-15-11-12(2)10-14-3/h5-9,11,14-15H,10H2,1-4H3/b7-5-,9-6+,12-11-,13-8+. The number of likely N-dealkylation sites (N-methyl/N-ethyl adjacent to an activating group) is 1. The number of ether oxygens (including phenoxy) is 1. The van der Waals surface area contributed by atoms with E-state index in [1.165, 1.54) is 5.57 Å². The highest BCUT2D eigenvalue weighted by molar-refractivity contribution is 5.18. The Morgan fingerprint density at radius 2 is 2.12 bits per heavy atom. The van der Waals surface area contributed by atoms with Gasteiger partial charge in [0.1, 0.15) is 5.76 Å². The van der Waals surface area contributed by atoms with Crippen LogP contribution in [0.1, 0.15) is 13.8 Å². The molecule has 0 aliphatic heterocycles. The predicted molar refractivity (Wildman–Crippen MR) is 69.9 cm³/mol. The van der Waals surface area contributed by atoms with E-state index in [1.807, 2.05) is 50.7 Å². The Kier molecular flexibility index (Phi) is 9.12. The maximum absolute atomic E-state index is 5.13. The summed E-state index contributed by atoms with van der Waals surface area (Å²) in [4.78, 5) is 0. The zero-order valence-corrected chi connectivity index (χ0v) is 10.6. The van der Waals surface area contributed by atoms with Gasteiger partial charge >= 0.3 is 0 Å². The molecule has 0 aliphatic carbocycles. The minimum absolute atomic E-state index is 0.830. The molecule has 0 rings (SSSR count). The van der Waals surface area contributed by atoms with Crippen molar-refractivity contribution in [3.63, 3.8) is 0 Å². The Balaban J connectivity index is 4.05. The Bertz CT molecular complexity index is 288. The molecule has 0 heterocycles. The topological polar surface area (TPSA) is 33.3 Å². The lowest BCUT2D eigenvalue weighted by Gasteiger charge is -1.99. The highest BCUT2D eigenvalue weighted by atomic mass is 16.5. The van der Waals surface area contributed by atoms with Gasteiger partial charge in [0.05, 0.1) is 7.11 Å². The molecule has 0 amide bonds. The van der Waals surface area contributed by atoms with Crippen LogP contribution in [0, 0.1) is 0 Å². The number of methoxy groups -OCH3 is 1. The predicted octanol–water partition coefficient (Wildman–Crippen LogP) is 2.32. The summed E-state index contributed by atoms with van der Waals surface area (Å²) in [6.45, 7) is 4.91. The van der Waals surface area contributed by atoms with Gasteiger partial charge in [-0.25, -0.2) is 0 Å². The molecule has 2 N–H and O–H groups in total. The zero-order chi connectivity index (χ0) is 12.2. The van der Waals surface area contributed by atoms with Crippen molar-refractivity contribution in [1.82, 2.24) is 10.6 Å². The molecule has 0 atom stereocenters. The summed E-state index contributed by atoms with van der Waals surface area (Å²) in [7, 11) is 3.59. The average molecular weight is 222 g/mol. The molecule has 0 radical (unpaired) electrons. The smallest absolute Gasteiger partial charge is 0.118 e. The third-order valence-electron chi connectivity index (χ3n) is 1.80. The van der Waals surface area contributed by atoms with Crippen molar-refractivity contribution in [3.05, 3.63) is 48.0 Å². The van der Waals surface area contributed by atoms with E-state index < -0.39 is 0 Å². The molecule has 0 aromatic rings. The summed E-state index contributed by atoms with van der Waals surface area (Å²) >= 11 is 0. The highest BCUT2D eigenvalue weighted by Gasteiger charge is 1.84. The summed E-state index contributed by atoms with van der Waals surface area (Å²) in [6, 6.07) is 0. The summed E-state index contributed by atoms with van der Waals surface area (Å²) in [6.07, 6.45) is 11.5. The lowest BCUT2D eigenvalue weighted by molar-refractivity contribution is 0.307. The summed E-state index contributed by atoms with van der Waals surface area (Å²) < 4.78 is 5.13. The Morgan fingerprint density at radius 1 is 1.38 bits per heavy atom. The van der Waals surface area contributed by atoms with Crippen LogP contribution < -0.4 is 10.6 Å². The first-order valence-electron chi connectivity index (χ1n) is 5.34. The molecule has 3 nitrogen and oxygen atoms in total. The fourth-order valence-electron chi connectivity index (χ4n) is 1.07. The van der Waals surface area contributed by atoms with Crippen LogP contribution in [0.5, 0.6) is 0 Å². The first kappa shape index (κ1) is 14.5. The van der Waals surface area contributed by atoms with Crippen LogP contribution in [0.15, 0.2) is 48.0 Å². The molecule has 0 aromatic carbocycles. The van der Waals surface area contributed by atoms with E-state index in [4.69, 9.17) is 4.74 Å². The molecule has 0 saturated heterocycles. The molecular weight excluding hydrogens is 200 g/mol. The van der Waals surface area contributed by atoms with Gasteiger partial charge in [-0.1, -0.05) is 6.08 Å². The second-order valence-electron chi connectivity index (χ2n) is 3.32. The van der Waals surface area contributed by atoms with Gasteiger partial charge in [-0.2, -0.15) is 0 Å². The third-order valence-corrected chi connectivity index (χ3v) is 1.80. The van der Waals surface area contributed by atoms with Crippen LogP contribution >= 0.6 is 0 Å². The van der Waals surface area contributed by atoms with Gasteiger partial charge in [0.15, 0.2) is 0 Å². The van der Waals surface area contributed by atoms with Crippen LogP contribution in [0.4, 0.5) is 0 Å². The number of nitrogens with one attached hydrogen (secondary N) is 2. The van der Waals surface area contributed by atoms with Crippen molar-refractivity contribution in [2.75, 3.05) is 20.7 Å². The van der Waals surface area contributed by atoms with Gasteiger partial charge in [0, 0.05) is 18.9 Å². The summed E-state index contributed by atoms with van der Waals surface area (Å²) in [5.41, 5.74) is 1.25. The molecule has 0 spiro atoms. The van der Waals surface area contributed by atoms with E-state index >= 15 is 0 Å². The molecule has 0 aliphatic rings. The number of allylic oxidation sites excluding steroid dienone is 4. The fraction of sp³-hybridized carbons (Fsp3) is 0.385. The van der Waals surface area contributed by atoms with E-state index in [0.717, 1.165) is 12.3 Å². The number of hydrogen-bond donors (Lipinski definition) is 2. The maximum atomic E-state index is 5.13. The van der Waals surface area contributed by atoms with Crippen molar-refractivity contribution in [3.8, 4) is 0 Å². The zero-order valence-electron chi connectivity index (χ0n) is 10.6. The van der Waals surface area contributed by atoms with Crippen LogP contribution in [0.25, 0.3) is 0 Å². The van der Waals surface area contributed by atoms with E-state index in [2.05, 4.69) is 17.6 Å². The van der Waals surface area contributed by atoms with Gasteiger partial charge in [0.25, 0.3) is 0 Å². The van der Waals surface area contributed by atoms with Crippen LogP contribution in [0.2, 0.25) is 0 Å². The van der Waals surface area contributed by atoms with Crippen LogP contribution in [-0.2, 0) is 4.74 Å². The van der Waals surface area contributed by atoms with Gasteiger partial charge in [-0.15, -0.1) is 0 Å². The maximum Gasteiger partial charge on any atom is 0.118 e. The van der Waals surface area contributed by atoms with Crippen molar-refractivity contribution < 1.29 is 4.74 Å². The largest absolute Gasteiger partial charge is 0.497 e. The molecule has 3 heteroatoms. The van der Waals surface area contributed by atoms with Crippen LogP contribution in [0.3, 0.4) is 0 Å². The van der Waals surface area contributed by atoms with E-state index in [9.17, 15) is 0 Å². The second-order valence-corrected chi connectivity index (χ2v) is 3.32. The van der Waals surface area contributed by atoms with E-state index in [1.54, 1.807) is 7.11 Å². The molecule has 0 saturated carbocycles. The van der Waals surface area contributed by atoms with Crippen molar-refractivity contribution in [1.29, 1.82) is 0 Å². The first-order valence-corrected chi connectivity index (χ1v) is 5.34. The lowest BCUT2D eigenvalue weighted by Crippen LogP contribution is -2.10. The quantitative estimate of drug-likeness (QED) is 0.512. The molecule has 0 fully saturated rings. The van der Waals surface area contributed by atoms with Gasteiger partial charge in [-0.3, -0.25) is 0 Å². The summed E-state index contributed by atoms with van der Waals surface area (Å²) in [5, 5.41) is 6.16. The van der Waals surface area contributed by atoms with Crippen molar-refractivity contribution in [2.24, 2.45) is 0 Å². The Labute approximate surface area is 98.6 Å². The monoisotopic (exact) mass is 222 g/mol. The highest BCUT2D eigenvalue weighted by Crippen LogP contribution is 1.97. The van der Waals surface area contributed by atoms with Crippen molar-refractivity contribution in [2.45, 2.75) is 13.8 Å². The first-order chi connectivity index (χ1) is 7.74.